The Bertz CT molecular complexity index is 727. The summed E-state index contributed by atoms with van der Waals surface area (Å²) in [6.07, 6.45) is 8.93. The lowest BCUT2D eigenvalue weighted by Gasteiger charge is -2.36. The van der Waals surface area contributed by atoms with Crippen LogP contribution in [0.4, 0.5) is 0 Å². The highest BCUT2D eigenvalue weighted by Crippen LogP contribution is 2.34. The van der Waals surface area contributed by atoms with Gasteiger partial charge in [0.2, 0.25) is 0 Å². The quantitative estimate of drug-likeness (QED) is 0.0434. The van der Waals surface area contributed by atoms with E-state index in [1.807, 2.05) is 0 Å². The van der Waals surface area contributed by atoms with Crippen LogP contribution in [0.15, 0.2) is 0 Å². The van der Waals surface area contributed by atoms with Gasteiger partial charge >= 0.3 is 23.9 Å². The molecular formula is C34H66O9Si2. The van der Waals surface area contributed by atoms with Crippen molar-refractivity contribution in [3.63, 3.8) is 0 Å². The minimum atomic E-state index is -2.34. The predicted molar refractivity (Wildman–Crippen MR) is 184 cm³/mol. The molecule has 0 aliphatic carbocycles. The van der Waals surface area contributed by atoms with Crippen molar-refractivity contribution in [2.45, 2.75) is 193 Å². The van der Waals surface area contributed by atoms with E-state index in [9.17, 15) is 29.4 Å². The van der Waals surface area contributed by atoms with E-state index in [0.29, 0.717) is 0 Å². The summed E-state index contributed by atoms with van der Waals surface area (Å²) in [5.74, 6) is -3.80. The van der Waals surface area contributed by atoms with Gasteiger partial charge < -0.3 is 23.8 Å². The molecule has 0 radical (unpaired) electrons. The number of hydrogen-bond donors (Lipinski definition) is 2. The fourth-order valence-corrected chi connectivity index (χ4v) is 16.0. The highest BCUT2D eigenvalue weighted by molar-refractivity contribution is 6.74. The fourth-order valence-electron chi connectivity index (χ4n) is 6.09. The van der Waals surface area contributed by atoms with Crippen LogP contribution in [0.3, 0.4) is 0 Å². The van der Waals surface area contributed by atoms with Crippen molar-refractivity contribution in [2.75, 3.05) is 0 Å². The molecular weight excluding hydrogens is 609 g/mol. The average Bonchev–Trinajstić information content (AvgIpc) is 2.97. The van der Waals surface area contributed by atoms with Gasteiger partial charge in [-0.05, 0) is 36.3 Å². The first-order chi connectivity index (χ1) is 21.4. The van der Waals surface area contributed by atoms with E-state index < -0.39 is 52.7 Å². The van der Waals surface area contributed by atoms with Crippen LogP contribution < -0.4 is 0 Å². The summed E-state index contributed by atoms with van der Waals surface area (Å²) < 4.78 is 18.5. The second-order valence-electron chi connectivity index (χ2n) is 12.9. The van der Waals surface area contributed by atoms with Crippen LogP contribution in [0.5, 0.6) is 0 Å². The zero-order valence-electron chi connectivity index (χ0n) is 29.5. The maximum atomic E-state index is 13.0. The summed E-state index contributed by atoms with van der Waals surface area (Å²) in [6.45, 7) is 12.8. The van der Waals surface area contributed by atoms with Gasteiger partial charge in [-0.3, -0.25) is 19.2 Å². The van der Waals surface area contributed by atoms with Gasteiger partial charge in [-0.2, -0.15) is 0 Å². The molecule has 45 heavy (non-hydrogen) atoms. The molecule has 0 aliphatic rings. The number of hydrogen-bond acceptors (Lipinski definition) is 7. The van der Waals surface area contributed by atoms with E-state index in [4.69, 9.17) is 13.6 Å². The molecule has 2 unspecified atom stereocenters. The third-order valence-electron chi connectivity index (χ3n) is 8.57. The van der Waals surface area contributed by atoms with Crippen molar-refractivity contribution < 1.29 is 43.0 Å². The Kier molecular flexibility index (Phi) is 24.6. The van der Waals surface area contributed by atoms with Gasteiger partial charge in [-0.25, -0.2) is 0 Å². The van der Waals surface area contributed by atoms with E-state index >= 15 is 0 Å². The van der Waals surface area contributed by atoms with Gasteiger partial charge in [0.05, 0.1) is 37.9 Å². The highest BCUT2D eigenvalue weighted by atomic mass is 28.4. The van der Waals surface area contributed by atoms with Gasteiger partial charge in [-0.15, -0.1) is 0 Å². The molecule has 0 aromatic rings. The number of carbonyl (C=O) groups is 4. The Labute approximate surface area is 275 Å². The lowest BCUT2D eigenvalue weighted by atomic mass is 10.2. The van der Waals surface area contributed by atoms with Crippen LogP contribution in [0.25, 0.3) is 0 Å². The smallest absolute Gasteiger partial charge is 0.316 e. The molecule has 0 aromatic heterocycles. The molecule has 0 spiro atoms. The Morgan fingerprint density at radius 2 is 0.711 bits per heavy atom. The lowest BCUT2D eigenvalue weighted by Crippen LogP contribution is -2.44. The Morgan fingerprint density at radius 3 is 0.911 bits per heavy atom. The molecule has 0 rings (SSSR count). The standard InChI is InChI=1S/C34H66O9Si2/c1-7-13-19-44(20-14-8-2,21-15-9-3)42-29(25-31(35)36)27-33(39)41-34(40)28-30(26-32(37)38)43-45(22-16-10-4,23-17-11-5)24-18-12-6/h29-30H,7-28H2,1-6H3,(H,35,36)(H,37,38). The molecule has 0 aliphatic heterocycles. The van der Waals surface area contributed by atoms with Crippen molar-refractivity contribution >= 4 is 40.5 Å². The van der Waals surface area contributed by atoms with Crippen molar-refractivity contribution in [2.24, 2.45) is 0 Å². The number of unbranched alkanes of at least 4 members (excludes halogenated alkanes) is 6. The van der Waals surface area contributed by atoms with Crippen LogP contribution in [-0.2, 0) is 32.8 Å². The van der Waals surface area contributed by atoms with Crippen molar-refractivity contribution in [3.05, 3.63) is 0 Å². The van der Waals surface area contributed by atoms with Gasteiger partial charge in [0.15, 0.2) is 16.6 Å². The minimum Gasteiger partial charge on any atom is -0.481 e. The van der Waals surface area contributed by atoms with E-state index in [0.717, 1.165) is 113 Å². The van der Waals surface area contributed by atoms with Gasteiger partial charge in [0.25, 0.3) is 0 Å². The molecule has 0 heterocycles. The molecule has 2 N–H and O–H groups in total. The normalized spacial score (nSPS) is 13.4. The number of carboxylic acid groups (broad SMARTS) is 2. The van der Waals surface area contributed by atoms with E-state index in [1.54, 1.807) is 0 Å². The fraction of sp³-hybridized carbons (Fsp3) is 0.882. The van der Waals surface area contributed by atoms with Crippen LogP contribution in [0, 0.1) is 0 Å². The minimum absolute atomic E-state index is 0.330. The maximum absolute atomic E-state index is 13.0. The number of ether oxygens (including phenoxy) is 1. The Hall–Kier alpha value is -1.57. The monoisotopic (exact) mass is 674 g/mol. The van der Waals surface area contributed by atoms with Crippen molar-refractivity contribution in [3.8, 4) is 0 Å². The number of esters is 2. The summed E-state index contributed by atoms with van der Waals surface area (Å²) >= 11 is 0. The largest absolute Gasteiger partial charge is 0.481 e. The first-order valence-corrected chi connectivity index (χ1v) is 23.0. The second kappa shape index (κ2) is 25.5. The van der Waals surface area contributed by atoms with E-state index in [-0.39, 0.29) is 25.7 Å². The second-order valence-corrected chi connectivity index (χ2v) is 21.1. The topological polar surface area (TPSA) is 136 Å². The van der Waals surface area contributed by atoms with Crippen LogP contribution in [-0.4, -0.2) is 62.9 Å². The lowest BCUT2D eigenvalue weighted by molar-refractivity contribution is -0.162. The number of carboxylic acids is 2. The van der Waals surface area contributed by atoms with E-state index in [1.165, 1.54) is 0 Å². The predicted octanol–water partition coefficient (Wildman–Crippen LogP) is 9.25. The average molecular weight is 675 g/mol. The Balaban J connectivity index is 5.86. The first kappa shape index (κ1) is 43.4. The molecule has 0 bridgehead atoms. The summed E-state index contributed by atoms with van der Waals surface area (Å²) in [6, 6.07) is 5.51. The van der Waals surface area contributed by atoms with Crippen LogP contribution in [0.2, 0.25) is 36.3 Å². The number of carbonyl (C=O) groups excluding carboxylic acids is 2. The molecule has 0 fully saturated rings. The molecule has 0 saturated heterocycles. The molecule has 11 heteroatoms. The third-order valence-corrected chi connectivity index (χ3v) is 17.8. The highest BCUT2D eigenvalue weighted by Gasteiger charge is 2.39. The van der Waals surface area contributed by atoms with Crippen LogP contribution >= 0.6 is 0 Å². The molecule has 0 amide bonds. The van der Waals surface area contributed by atoms with Gasteiger partial charge in [0, 0.05) is 0 Å². The molecule has 9 nitrogen and oxygen atoms in total. The molecule has 2 atom stereocenters. The summed E-state index contributed by atoms with van der Waals surface area (Å²) in [4.78, 5) is 49.7. The maximum Gasteiger partial charge on any atom is 0.316 e. The van der Waals surface area contributed by atoms with E-state index in [2.05, 4.69) is 41.5 Å². The van der Waals surface area contributed by atoms with Gasteiger partial charge in [-0.1, -0.05) is 119 Å². The third kappa shape index (κ3) is 20.3. The van der Waals surface area contributed by atoms with Crippen LogP contribution in [0.1, 0.15) is 144 Å². The molecule has 264 valence electrons. The Morgan fingerprint density at radius 1 is 0.467 bits per heavy atom. The first-order valence-electron chi connectivity index (χ1n) is 18.0. The summed E-state index contributed by atoms with van der Waals surface area (Å²) in [7, 11) is -4.67. The summed E-state index contributed by atoms with van der Waals surface area (Å²) in [5.41, 5.74) is 0. The zero-order valence-corrected chi connectivity index (χ0v) is 31.5. The van der Waals surface area contributed by atoms with Gasteiger partial charge in [0.1, 0.15) is 0 Å². The molecule has 0 saturated carbocycles. The number of aliphatic carboxylic acids is 2. The SMILES string of the molecule is CCCC[Si](CCCC)(CCCC)OC(CC(=O)O)CC(=O)OC(=O)CC(CC(=O)O)O[Si](CCCC)(CCCC)CCCC. The summed E-state index contributed by atoms with van der Waals surface area (Å²) in [5, 5.41) is 19.3. The van der Waals surface area contributed by atoms with Crippen molar-refractivity contribution in [1.29, 1.82) is 0 Å². The molecule has 0 aromatic carbocycles. The zero-order chi connectivity index (χ0) is 34.1. The van der Waals surface area contributed by atoms with Crippen molar-refractivity contribution in [1.82, 2.24) is 0 Å². The number of rotatable bonds is 30.